The number of nitrogens with one attached hydrogen (secondary N) is 2. The highest BCUT2D eigenvalue weighted by molar-refractivity contribution is 5.43. The Kier molecular flexibility index (Phi) is 16.3. The smallest absolute Gasteiger partial charge is 0.231 e. The highest BCUT2D eigenvalue weighted by Gasteiger charge is 2.45. The molecule has 0 unspecified atom stereocenters. The summed E-state index contributed by atoms with van der Waals surface area (Å²) in [6.45, 7) is 27.5. The van der Waals surface area contributed by atoms with E-state index in [0.717, 1.165) is 109 Å². The number of hydrogen-bond acceptors (Lipinski definition) is 10. The Hall–Kier alpha value is -2.69. The van der Waals surface area contributed by atoms with E-state index in [9.17, 15) is 10.5 Å². The molecule has 0 bridgehead atoms. The number of anilines is 3. The normalized spacial score (nSPS) is 20.4. The molecule has 10 heteroatoms. The molecule has 1 aromatic heterocycles. The maximum atomic E-state index is 9.41. The van der Waals surface area contributed by atoms with E-state index < -0.39 is 0 Å². The molecule has 0 amide bonds. The first kappa shape index (κ1) is 42.7. The molecule has 2 N–H and O–H groups in total. The maximum absolute atomic E-state index is 9.41. The Balaban J connectivity index is 1.57. The largest absolute Gasteiger partial charge is 0.354 e. The number of hydrogen-bond donors (Lipinski definition) is 2. The third-order valence-electron chi connectivity index (χ3n) is 11.6. The van der Waals surface area contributed by atoms with E-state index in [2.05, 4.69) is 107 Å². The van der Waals surface area contributed by atoms with Crippen molar-refractivity contribution in [2.45, 2.75) is 181 Å². The molecule has 51 heavy (non-hydrogen) atoms. The summed E-state index contributed by atoms with van der Waals surface area (Å²) in [5.74, 6) is 3.45. The van der Waals surface area contributed by atoms with Gasteiger partial charge in [-0.05, 0) is 119 Å². The molecule has 2 aliphatic heterocycles. The van der Waals surface area contributed by atoms with Crippen LogP contribution in [0.25, 0.3) is 0 Å². The van der Waals surface area contributed by atoms with Crippen LogP contribution >= 0.6 is 0 Å². The Labute approximate surface area is 312 Å². The van der Waals surface area contributed by atoms with Gasteiger partial charge in [-0.2, -0.15) is 25.5 Å². The van der Waals surface area contributed by atoms with Crippen LogP contribution in [0.1, 0.15) is 159 Å². The van der Waals surface area contributed by atoms with E-state index >= 15 is 0 Å². The SMILES string of the molecule is CCCCN(CCCC)c1nc(NCCCCC2CC(C)(C)N(CC#N)C(C)(C)C2)nc(NCCCCC2CC(C)(C)N(CC#N)C(C)(C)C2)n1. The monoisotopic (exact) mass is 707 g/mol. The molecule has 2 saturated heterocycles. The summed E-state index contributed by atoms with van der Waals surface area (Å²) < 4.78 is 0. The van der Waals surface area contributed by atoms with Gasteiger partial charge in [0.05, 0.1) is 25.2 Å². The first-order valence-corrected chi connectivity index (χ1v) is 20.4. The molecule has 0 radical (unpaired) electrons. The molecule has 0 spiro atoms. The van der Waals surface area contributed by atoms with Crippen molar-refractivity contribution in [2.75, 3.05) is 54.8 Å². The summed E-state index contributed by atoms with van der Waals surface area (Å²) in [6.07, 6.45) is 16.0. The summed E-state index contributed by atoms with van der Waals surface area (Å²) >= 11 is 0. The second-order valence-corrected chi connectivity index (χ2v) is 18.1. The van der Waals surface area contributed by atoms with Crippen LogP contribution in [0.5, 0.6) is 0 Å². The van der Waals surface area contributed by atoms with Crippen LogP contribution in [0.2, 0.25) is 0 Å². The summed E-state index contributed by atoms with van der Waals surface area (Å²) in [5, 5.41) is 26.0. The zero-order valence-corrected chi connectivity index (χ0v) is 34.4. The van der Waals surface area contributed by atoms with Gasteiger partial charge in [-0.1, -0.05) is 52.4 Å². The third-order valence-corrected chi connectivity index (χ3v) is 11.6. The Morgan fingerprint density at radius 3 is 1.31 bits per heavy atom. The second-order valence-electron chi connectivity index (χ2n) is 18.1. The van der Waals surface area contributed by atoms with Crippen molar-refractivity contribution >= 4 is 17.8 Å². The van der Waals surface area contributed by atoms with Crippen molar-refractivity contribution in [1.82, 2.24) is 24.8 Å². The van der Waals surface area contributed by atoms with Crippen LogP contribution in [0.4, 0.5) is 17.8 Å². The van der Waals surface area contributed by atoms with Gasteiger partial charge in [0.25, 0.3) is 0 Å². The molecule has 0 atom stereocenters. The van der Waals surface area contributed by atoms with Crippen molar-refractivity contribution in [1.29, 1.82) is 10.5 Å². The van der Waals surface area contributed by atoms with Crippen molar-refractivity contribution in [3.63, 3.8) is 0 Å². The average molecular weight is 707 g/mol. The van der Waals surface area contributed by atoms with Crippen LogP contribution in [-0.2, 0) is 0 Å². The fourth-order valence-electron chi connectivity index (χ4n) is 9.65. The average Bonchev–Trinajstić information content (AvgIpc) is 3.03. The molecule has 288 valence electrons. The van der Waals surface area contributed by atoms with Gasteiger partial charge in [0.2, 0.25) is 17.8 Å². The number of piperidine rings is 2. The van der Waals surface area contributed by atoms with Gasteiger partial charge in [0.1, 0.15) is 0 Å². The molecular weight excluding hydrogens is 633 g/mol. The number of likely N-dealkylation sites (tertiary alicyclic amines) is 2. The van der Waals surface area contributed by atoms with E-state index in [1.165, 1.54) is 12.8 Å². The summed E-state index contributed by atoms with van der Waals surface area (Å²) in [5.41, 5.74) is 0.154. The Bertz CT molecular complexity index is 1150. The highest BCUT2D eigenvalue weighted by Crippen LogP contribution is 2.44. The summed E-state index contributed by atoms with van der Waals surface area (Å²) in [7, 11) is 0. The molecule has 3 rings (SSSR count). The first-order chi connectivity index (χ1) is 24.1. The molecular formula is C41H74N10. The molecule has 2 fully saturated rings. The minimum Gasteiger partial charge on any atom is -0.354 e. The van der Waals surface area contributed by atoms with Crippen LogP contribution in [0, 0.1) is 34.5 Å². The first-order valence-electron chi connectivity index (χ1n) is 20.4. The zero-order valence-electron chi connectivity index (χ0n) is 34.4. The number of nitrogens with zero attached hydrogens (tertiary/aromatic N) is 8. The van der Waals surface area contributed by atoms with Crippen molar-refractivity contribution in [3.05, 3.63) is 0 Å². The summed E-state index contributed by atoms with van der Waals surface area (Å²) in [4.78, 5) is 21.9. The van der Waals surface area contributed by atoms with Gasteiger partial charge >= 0.3 is 0 Å². The van der Waals surface area contributed by atoms with E-state index in [1.54, 1.807) is 0 Å². The molecule has 10 nitrogen and oxygen atoms in total. The topological polar surface area (TPSA) is 120 Å². The van der Waals surface area contributed by atoms with Crippen LogP contribution in [0.15, 0.2) is 0 Å². The summed E-state index contributed by atoms with van der Waals surface area (Å²) in [6, 6.07) is 4.79. The van der Waals surface area contributed by atoms with E-state index in [0.29, 0.717) is 36.8 Å². The fraction of sp³-hybridized carbons (Fsp3) is 0.878. The van der Waals surface area contributed by atoms with Crippen molar-refractivity contribution in [2.24, 2.45) is 11.8 Å². The number of unbranched alkanes of at least 4 members (excludes halogenated alkanes) is 4. The van der Waals surface area contributed by atoms with Gasteiger partial charge < -0.3 is 15.5 Å². The van der Waals surface area contributed by atoms with E-state index in [1.807, 2.05) is 0 Å². The van der Waals surface area contributed by atoms with Gasteiger partial charge in [0, 0.05) is 48.3 Å². The number of nitriles is 2. The van der Waals surface area contributed by atoms with Crippen LogP contribution in [0.3, 0.4) is 0 Å². The Morgan fingerprint density at radius 2 is 0.980 bits per heavy atom. The molecule has 3 heterocycles. The third kappa shape index (κ3) is 12.7. The van der Waals surface area contributed by atoms with Crippen molar-refractivity contribution < 1.29 is 0 Å². The predicted octanol–water partition coefficient (Wildman–Crippen LogP) is 9.03. The van der Waals surface area contributed by atoms with Crippen LogP contribution < -0.4 is 15.5 Å². The highest BCUT2D eigenvalue weighted by atomic mass is 15.3. The van der Waals surface area contributed by atoms with E-state index in [-0.39, 0.29) is 22.2 Å². The minimum absolute atomic E-state index is 0.0384. The molecule has 0 saturated carbocycles. The minimum atomic E-state index is 0.0384. The lowest BCUT2D eigenvalue weighted by Gasteiger charge is -2.54. The second kappa shape index (κ2) is 19.4. The Morgan fingerprint density at radius 1 is 0.608 bits per heavy atom. The fourth-order valence-corrected chi connectivity index (χ4v) is 9.65. The maximum Gasteiger partial charge on any atom is 0.231 e. The predicted molar refractivity (Wildman–Crippen MR) is 213 cm³/mol. The standard InChI is InChI=1S/C41H74N10/c1-11-13-25-49(26-14-12-2)37-47-35(44-23-17-15-19-33-29-38(3,4)50(27-21-42)39(5,6)30-33)46-36(48-37)45-24-18-16-20-34-31-40(7,8)51(28-22-43)41(9,10)32-34/h33-34H,11-20,23-32H2,1-10H3,(H2,44,45,46,47,48). The number of aromatic nitrogens is 3. The van der Waals surface area contributed by atoms with Crippen LogP contribution in [-0.4, -0.2) is 86.2 Å². The lowest BCUT2D eigenvalue weighted by atomic mass is 9.72. The number of rotatable bonds is 21. The van der Waals surface area contributed by atoms with Gasteiger partial charge in [-0.3, -0.25) is 9.80 Å². The van der Waals surface area contributed by atoms with Gasteiger partial charge in [-0.25, -0.2) is 0 Å². The van der Waals surface area contributed by atoms with E-state index in [4.69, 9.17) is 15.0 Å². The molecule has 1 aromatic rings. The van der Waals surface area contributed by atoms with Gasteiger partial charge in [-0.15, -0.1) is 0 Å². The van der Waals surface area contributed by atoms with Crippen molar-refractivity contribution in [3.8, 4) is 12.1 Å². The van der Waals surface area contributed by atoms with Gasteiger partial charge in [0.15, 0.2) is 0 Å². The lowest BCUT2D eigenvalue weighted by molar-refractivity contribution is -0.0434. The molecule has 0 aromatic carbocycles. The lowest BCUT2D eigenvalue weighted by Crippen LogP contribution is -2.60. The quantitative estimate of drug-likeness (QED) is 0.0947. The zero-order chi connectivity index (χ0) is 37.7. The molecule has 0 aliphatic carbocycles. The molecule has 2 aliphatic rings.